The molecule has 0 saturated carbocycles. The summed E-state index contributed by atoms with van der Waals surface area (Å²) in [6.07, 6.45) is -19.5. The zero-order valence-corrected chi connectivity index (χ0v) is 19.3. The van der Waals surface area contributed by atoms with Gasteiger partial charge in [-0.3, -0.25) is 0 Å². The number of carbonyl (C=O) groups is 4. The van der Waals surface area contributed by atoms with Gasteiger partial charge in [0.1, 0.15) is 48.8 Å². The summed E-state index contributed by atoms with van der Waals surface area (Å²) in [5.41, 5.74) is 0. The molecule has 0 heterocycles. The van der Waals surface area contributed by atoms with E-state index in [-0.39, 0.29) is 75.5 Å². The zero-order chi connectivity index (χ0) is 22.9. The largest absolute Gasteiger partial charge is 2.00 e. The minimum Gasteiger partial charge on any atom is -0.547 e. The van der Waals surface area contributed by atoms with Crippen LogP contribution in [0.1, 0.15) is 0 Å². The van der Waals surface area contributed by atoms with Crippen LogP contribution < -0.4 is 20.4 Å². The van der Waals surface area contributed by atoms with Crippen molar-refractivity contribution < 1.29 is 80.5 Å². The first-order valence-electron chi connectivity index (χ1n) is 6.85. The van der Waals surface area contributed by atoms with Crippen LogP contribution in [0.4, 0.5) is 0 Å². The van der Waals surface area contributed by atoms with Crippen molar-refractivity contribution in [3.05, 3.63) is 0 Å². The van der Waals surface area contributed by atoms with Gasteiger partial charge in [-0.2, -0.15) is 0 Å². The van der Waals surface area contributed by atoms with Gasteiger partial charge < -0.3 is 80.5 Å². The molecule has 0 aliphatic carbocycles. The topological polar surface area (TPSA) is 322 Å². The molecular weight excluding hydrogens is 480 g/mol. The maximum atomic E-state index is 9.96. The standard InChI is InChI=1S/2C6H10O8.2Ca/c2*7-1(3(9)5(11)12)2(8)4(10)6(13)14;;/h2*1-4,7-10H,(H,11,12)(H,13,14);;/q;;2*+2/p-4/t1-,2+,3-,4+;1-,2+,3-,4-;;/m.1../s1. The van der Waals surface area contributed by atoms with E-state index in [1.54, 1.807) is 0 Å². The molecule has 0 aliphatic rings. The molecule has 0 aromatic heterocycles. The van der Waals surface area contributed by atoms with Crippen LogP contribution >= 0.6 is 0 Å². The van der Waals surface area contributed by atoms with Crippen molar-refractivity contribution >= 4 is 99.4 Å². The maximum Gasteiger partial charge on any atom is 2.00 e. The number of rotatable bonds is 10. The number of aliphatic carboxylic acids is 4. The van der Waals surface area contributed by atoms with Gasteiger partial charge >= 0.3 is 75.5 Å². The predicted octanol–water partition coefficient (Wildman–Crippen LogP) is -12.9. The first-order chi connectivity index (χ1) is 12.6. The Kier molecular flexibility index (Phi) is 22.0. The molecule has 0 aromatic rings. The minimum atomic E-state index is -2.50. The summed E-state index contributed by atoms with van der Waals surface area (Å²) in [7, 11) is 0. The molecule has 0 rings (SSSR count). The molecule has 0 aromatic carbocycles. The van der Waals surface area contributed by atoms with Crippen LogP contribution in [-0.4, -0.2) is 189 Å². The number of aliphatic hydroxyl groups is 8. The average molecular weight is 496 g/mol. The minimum absolute atomic E-state index is 0. The first kappa shape index (κ1) is 37.4. The number of hydrogen-bond donors (Lipinski definition) is 8. The van der Waals surface area contributed by atoms with E-state index in [9.17, 15) is 39.6 Å². The van der Waals surface area contributed by atoms with Crippen LogP contribution in [0, 0.1) is 0 Å². The van der Waals surface area contributed by atoms with Crippen LogP contribution in [0.5, 0.6) is 0 Å². The third kappa shape index (κ3) is 12.8. The van der Waals surface area contributed by atoms with Crippen LogP contribution in [0.3, 0.4) is 0 Å². The molecule has 0 bridgehead atoms. The Morgan fingerprint density at radius 2 is 0.500 bits per heavy atom. The van der Waals surface area contributed by atoms with E-state index in [0.29, 0.717) is 0 Å². The maximum absolute atomic E-state index is 9.96. The Hall–Kier alpha value is 0.0795. The Morgan fingerprint density at radius 3 is 0.567 bits per heavy atom. The van der Waals surface area contributed by atoms with Gasteiger partial charge in [0.05, 0.1) is 23.9 Å². The molecule has 164 valence electrons. The molecule has 16 nitrogen and oxygen atoms in total. The fourth-order valence-electron chi connectivity index (χ4n) is 1.30. The van der Waals surface area contributed by atoms with Gasteiger partial charge in [-0.15, -0.1) is 0 Å². The summed E-state index contributed by atoms with van der Waals surface area (Å²) in [5, 5.41) is 109. The van der Waals surface area contributed by atoms with Crippen molar-refractivity contribution in [1.82, 2.24) is 0 Å². The van der Waals surface area contributed by atoms with Crippen molar-refractivity contribution in [3.63, 3.8) is 0 Å². The molecule has 18 heteroatoms. The molecule has 0 fully saturated rings. The Bertz CT molecular complexity index is 462. The molecule has 0 saturated heterocycles. The van der Waals surface area contributed by atoms with E-state index in [4.69, 9.17) is 40.9 Å². The van der Waals surface area contributed by atoms with E-state index in [1.165, 1.54) is 0 Å². The molecule has 0 unspecified atom stereocenters. The third-order valence-corrected chi connectivity index (χ3v) is 2.96. The van der Waals surface area contributed by atoms with E-state index in [2.05, 4.69) is 0 Å². The van der Waals surface area contributed by atoms with E-state index in [0.717, 1.165) is 0 Å². The Balaban J connectivity index is -0.000000211. The third-order valence-electron chi connectivity index (χ3n) is 2.96. The molecule has 0 aliphatic heterocycles. The van der Waals surface area contributed by atoms with Crippen LogP contribution in [0.25, 0.3) is 0 Å². The fraction of sp³-hybridized carbons (Fsp3) is 0.667. The second-order valence-electron chi connectivity index (χ2n) is 5.02. The van der Waals surface area contributed by atoms with Crippen molar-refractivity contribution in [2.75, 3.05) is 0 Å². The van der Waals surface area contributed by atoms with Crippen molar-refractivity contribution in [1.29, 1.82) is 0 Å². The van der Waals surface area contributed by atoms with Crippen LogP contribution in [0.2, 0.25) is 0 Å². The van der Waals surface area contributed by atoms with Gasteiger partial charge in [0, 0.05) is 0 Å². The quantitative estimate of drug-likeness (QED) is 0.130. The van der Waals surface area contributed by atoms with Gasteiger partial charge in [-0.25, -0.2) is 0 Å². The van der Waals surface area contributed by atoms with Gasteiger partial charge in [0.25, 0.3) is 0 Å². The van der Waals surface area contributed by atoms with Crippen molar-refractivity contribution in [3.8, 4) is 0 Å². The number of carboxylic acid groups (broad SMARTS) is 4. The molecule has 8 atom stereocenters. The zero-order valence-electron chi connectivity index (χ0n) is 14.9. The second kappa shape index (κ2) is 17.6. The number of carbonyl (C=O) groups excluding carboxylic acids is 4. The van der Waals surface area contributed by atoms with Gasteiger partial charge in [0.2, 0.25) is 0 Å². The molecule has 30 heavy (non-hydrogen) atoms. The van der Waals surface area contributed by atoms with Gasteiger partial charge in [0.15, 0.2) is 0 Å². The smallest absolute Gasteiger partial charge is 0.547 e. The normalized spacial score (nSPS) is 18.1. The number of aliphatic hydroxyl groups excluding tert-OH is 8. The second-order valence-corrected chi connectivity index (χ2v) is 5.02. The summed E-state index contributed by atoms with van der Waals surface area (Å²) in [5.74, 6) is -8.44. The van der Waals surface area contributed by atoms with Crippen molar-refractivity contribution in [2.24, 2.45) is 0 Å². The summed E-state index contributed by atoms with van der Waals surface area (Å²) in [4.78, 5) is 39.8. The summed E-state index contributed by atoms with van der Waals surface area (Å²) in [6, 6.07) is 0. The van der Waals surface area contributed by atoms with Crippen molar-refractivity contribution in [2.45, 2.75) is 48.8 Å². The van der Waals surface area contributed by atoms with E-state index < -0.39 is 72.7 Å². The summed E-state index contributed by atoms with van der Waals surface area (Å²) in [6.45, 7) is 0. The van der Waals surface area contributed by atoms with Gasteiger partial charge in [-0.05, 0) is 0 Å². The molecular formula is C12H16Ca2O16. The summed E-state index contributed by atoms with van der Waals surface area (Å²) < 4.78 is 0. The SMILES string of the molecule is O=C([O-])[C@@H](O)[C@@H](O)[C@@H](O)[C@@H](O)C(=O)[O-].O=C([O-])[C@H](O)[C@H](O)[C@H](O)[C@@H](O)C(=O)[O-].[Ca+2].[Ca+2]. The number of carboxylic acids is 4. The fourth-order valence-corrected chi connectivity index (χ4v) is 1.30. The number of hydrogen-bond acceptors (Lipinski definition) is 16. The average Bonchev–Trinajstić information content (AvgIpc) is 2.62. The Morgan fingerprint density at radius 1 is 0.400 bits per heavy atom. The Labute approximate surface area is 226 Å². The molecule has 0 radical (unpaired) electrons. The van der Waals surface area contributed by atoms with E-state index >= 15 is 0 Å². The molecule has 0 spiro atoms. The summed E-state index contributed by atoms with van der Waals surface area (Å²) >= 11 is 0. The molecule has 8 N–H and O–H groups in total. The predicted molar refractivity (Wildman–Crippen MR) is 79.6 cm³/mol. The van der Waals surface area contributed by atoms with E-state index in [1.807, 2.05) is 0 Å². The molecule has 0 amide bonds. The monoisotopic (exact) mass is 496 g/mol. The van der Waals surface area contributed by atoms with Crippen LogP contribution in [0.15, 0.2) is 0 Å². The van der Waals surface area contributed by atoms with Gasteiger partial charge in [-0.1, -0.05) is 0 Å². The first-order valence-corrected chi connectivity index (χ1v) is 6.85. The van der Waals surface area contributed by atoms with Crippen LogP contribution in [-0.2, 0) is 19.2 Å².